The van der Waals surface area contributed by atoms with E-state index in [1.54, 1.807) is 12.1 Å². The summed E-state index contributed by atoms with van der Waals surface area (Å²) in [6, 6.07) is 3.32. The molecule has 0 aromatic heterocycles. The maximum atomic E-state index is 11.8. The third-order valence-corrected chi connectivity index (χ3v) is 2.70. The summed E-state index contributed by atoms with van der Waals surface area (Å²) < 4.78 is 10.1. The van der Waals surface area contributed by atoms with Crippen LogP contribution in [0.4, 0.5) is 5.69 Å². The first-order valence-electron chi connectivity index (χ1n) is 6.23. The van der Waals surface area contributed by atoms with Gasteiger partial charge in [0.15, 0.2) is 0 Å². The van der Waals surface area contributed by atoms with Gasteiger partial charge in [-0.1, -0.05) is 6.58 Å². The van der Waals surface area contributed by atoms with Gasteiger partial charge in [0.1, 0.15) is 5.76 Å². The third-order valence-electron chi connectivity index (χ3n) is 2.70. The van der Waals surface area contributed by atoms with Crippen molar-refractivity contribution in [1.29, 1.82) is 0 Å². The van der Waals surface area contributed by atoms with Gasteiger partial charge < -0.3 is 14.8 Å². The number of carbonyl (C=O) groups is 2. The van der Waals surface area contributed by atoms with Gasteiger partial charge in [-0.25, -0.2) is 4.79 Å². The van der Waals surface area contributed by atoms with Gasteiger partial charge in [-0.3, -0.25) is 4.79 Å². The van der Waals surface area contributed by atoms with Crippen molar-refractivity contribution in [2.75, 3.05) is 19.0 Å². The van der Waals surface area contributed by atoms with Crippen LogP contribution < -0.4 is 5.32 Å². The molecule has 1 aromatic rings. The first kappa shape index (κ1) is 15.8. The van der Waals surface area contributed by atoms with Gasteiger partial charge in [-0.05, 0) is 31.5 Å². The molecule has 1 rings (SSSR count). The molecule has 5 heteroatoms. The summed E-state index contributed by atoms with van der Waals surface area (Å²) in [7, 11) is 1.29. The van der Waals surface area contributed by atoms with E-state index in [0.29, 0.717) is 23.6 Å². The smallest absolute Gasteiger partial charge is 0.339 e. The lowest BCUT2D eigenvalue weighted by molar-refractivity contribution is -0.114. The minimum atomic E-state index is -0.528. The lowest BCUT2D eigenvalue weighted by atomic mass is 10.0. The summed E-state index contributed by atoms with van der Waals surface area (Å²) in [5, 5.41) is 2.62. The van der Waals surface area contributed by atoms with E-state index in [9.17, 15) is 9.59 Å². The van der Waals surface area contributed by atoms with Crippen molar-refractivity contribution in [2.24, 2.45) is 0 Å². The number of benzene rings is 1. The van der Waals surface area contributed by atoms with E-state index in [1.807, 2.05) is 13.8 Å². The maximum Gasteiger partial charge on any atom is 0.339 e. The topological polar surface area (TPSA) is 64.6 Å². The molecule has 0 heterocycles. The molecule has 0 aliphatic heterocycles. The highest BCUT2D eigenvalue weighted by Crippen LogP contribution is 2.27. The molecule has 0 fully saturated rings. The number of amides is 1. The van der Waals surface area contributed by atoms with Crippen molar-refractivity contribution in [3.63, 3.8) is 0 Å². The number of carbonyl (C=O) groups excluding carboxylic acids is 2. The Bertz CT molecular complexity index is 549. The van der Waals surface area contributed by atoms with Crippen molar-refractivity contribution in [3.8, 4) is 0 Å². The highest BCUT2D eigenvalue weighted by atomic mass is 16.5. The maximum absolute atomic E-state index is 11.8. The number of anilines is 1. The molecular formula is C15H19NO4. The molecule has 0 spiro atoms. The molecule has 0 unspecified atom stereocenters. The van der Waals surface area contributed by atoms with Gasteiger partial charge in [0.2, 0.25) is 5.91 Å². The Kier molecular flexibility index (Phi) is 5.32. The van der Waals surface area contributed by atoms with Gasteiger partial charge >= 0.3 is 5.97 Å². The summed E-state index contributed by atoms with van der Waals surface area (Å²) >= 11 is 0. The van der Waals surface area contributed by atoms with Crippen LogP contribution in [0.2, 0.25) is 0 Å². The van der Waals surface area contributed by atoms with Gasteiger partial charge in [0, 0.05) is 12.5 Å². The van der Waals surface area contributed by atoms with Crippen LogP contribution in [0, 0.1) is 6.92 Å². The molecule has 1 amide bonds. The van der Waals surface area contributed by atoms with E-state index in [2.05, 4.69) is 11.9 Å². The number of hydrogen-bond acceptors (Lipinski definition) is 4. The Hall–Kier alpha value is -2.30. The van der Waals surface area contributed by atoms with Crippen LogP contribution in [0.1, 0.15) is 35.3 Å². The van der Waals surface area contributed by atoms with Crippen molar-refractivity contribution >= 4 is 23.3 Å². The average Bonchev–Trinajstić information content (AvgIpc) is 2.37. The average molecular weight is 277 g/mol. The molecule has 20 heavy (non-hydrogen) atoms. The Morgan fingerprint density at radius 2 is 1.95 bits per heavy atom. The Balaban J connectivity index is 3.35. The number of methoxy groups -OCH3 is 1. The Morgan fingerprint density at radius 3 is 2.45 bits per heavy atom. The van der Waals surface area contributed by atoms with Crippen LogP contribution in [0.5, 0.6) is 0 Å². The first-order valence-corrected chi connectivity index (χ1v) is 6.23. The SMILES string of the molecule is C=C(OCC)c1cc(C(=O)OC)c(NC(C)=O)cc1C. The normalized spacial score (nSPS) is 9.80. The molecule has 108 valence electrons. The number of rotatable bonds is 5. The minimum Gasteiger partial charge on any atom is -0.494 e. The van der Waals surface area contributed by atoms with E-state index in [1.165, 1.54) is 14.0 Å². The van der Waals surface area contributed by atoms with Gasteiger partial charge in [0.05, 0.1) is 25.0 Å². The molecule has 0 atom stereocenters. The first-order chi connectivity index (χ1) is 9.40. The lowest BCUT2D eigenvalue weighted by Crippen LogP contribution is -2.13. The molecule has 0 aliphatic rings. The fraction of sp³-hybridized carbons (Fsp3) is 0.333. The highest BCUT2D eigenvalue weighted by molar-refractivity contribution is 6.01. The standard InChI is InChI=1S/C15H19NO4/c1-6-20-10(3)12-8-13(15(18)19-5)14(7-9(12)2)16-11(4)17/h7-8H,3,6H2,1-2,4-5H3,(H,16,17). The van der Waals surface area contributed by atoms with E-state index in [0.717, 1.165) is 5.56 Å². The summed E-state index contributed by atoms with van der Waals surface area (Å²) in [5.74, 6) is -0.310. The van der Waals surface area contributed by atoms with Crippen LogP contribution in [0.15, 0.2) is 18.7 Å². The van der Waals surface area contributed by atoms with E-state index >= 15 is 0 Å². The monoisotopic (exact) mass is 277 g/mol. The van der Waals surface area contributed by atoms with Crippen LogP contribution in [-0.4, -0.2) is 25.6 Å². The molecule has 0 aliphatic carbocycles. The van der Waals surface area contributed by atoms with E-state index in [-0.39, 0.29) is 11.5 Å². The van der Waals surface area contributed by atoms with E-state index in [4.69, 9.17) is 9.47 Å². The zero-order valence-corrected chi connectivity index (χ0v) is 12.2. The summed E-state index contributed by atoms with van der Waals surface area (Å²) in [6.07, 6.45) is 0. The summed E-state index contributed by atoms with van der Waals surface area (Å²) in [6.45, 7) is 9.40. The molecule has 1 aromatic carbocycles. The van der Waals surface area contributed by atoms with Crippen LogP contribution in [-0.2, 0) is 14.3 Å². The van der Waals surface area contributed by atoms with Gasteiger partial charge in [0.25, 0.3) is 0 Å². The predicted molar refractivity (Wildman–Crippen MR) is 77.5 cm³/mol. The molecule has 0 radical (unpaired) electrons. The highest BCUT2D eigenvalue weighted by Gasteiger charge is 2.17. The van der Waals surface area contributed by atoms with Crippen molar-refractivity contribution in [2.45, 2.75) is 20.8 Å². The second-order valence-corrected chi connectivity index (χ2v) is 4.24. The zero-order chi connectivity index (χ0) is 15.3. The number of ether oxygens (including phenoxy) is 2. The van der Waals surface area contributed by atoms with Crippen LogP contribution in [0.25, 0.3) is 5.76 Å². The van der Waals surface area contributed by atoms with Gasteiger partial charge in [-0.15, -0.1) is 0 Å². The Morgan fingerprint density at radius 1 is 1.30 bits per heavy atom. The molecular weight excluding hydrogens is 258 g/mol. The number of nitrogens with one attached hydrogen (secondary N) is 1. The van der Waals surface area contributed by atoms with Crippen molar-refractivity contribution in [3.05, 3.63) is 35.4 Å². The number of aryl methyl sites for hydroxylation is 1. The lowest BCUT2D eigenvalue weighted by Gasteiger charge is -2.15. The van der Waals surface area contributed by atoms with Crippen LogP contribution >= 0.6 is 0 Å². The van der Waals surface area contributed by atoms with Gasteiger partial charge in [-0.2, -0.15) is 0 Å². The number of esters is 1. The van der Waals surface area contributed by atoms with Crippen LogP contribution in [0.3, 0.4) is 0 Å². The minimum absolute atomic E-state index is 0.258. The molecule has 0 bridgehead atoms. The third kappa shape index (κ3) is 3.60. The molecule has 5 nitrogen and oxygen atoms in total. The zero-order valence-electron chi connectivity index (χ0n) is 12.2. The second kappa shape index (κ2) is 6.75. The van der Waals surface area contributed by atoms with Crippen molar-refractivity contribution < 1.29 is 19.1 Å². The fourth-order valence-corrected chi connectivity index (χ4v) is 1.83. The molecule has 0 saturated carbocycles. The van der Waals surface area contributed by atoms with E-state index < -0.39 is 5.97 Å². The predicted octanol–water partition coefficient (Wildman–Crippen LogP) is 2.75. The largest absolute Gasteiger partial charge is 0.494 e. The quantitative estimate of drug-likeness (QED) is 0.664. The second-order valence-electron chi connectivity index (χ2n) is 4.24. The number of hydrogen-bond donors (Lipinski definition) is 1. The van der Waals surface area contributed by atoms with Crippen molar-refractivity contribution in [1.82, 2.24) is 0 Å². The summed E-state index contributed by atoms with van der Waals surface area (Å²) in [4.78, 5) is 23.0. The fourth-order valence-electron chi connectivity index (χ4n) is 1.83. The Labute approximate surface area is 118 Å². The molecule has 0 saturated heterocycles. The molecule has 1 N–H and O–H groups in total. The summed E-state index contributed by atoms with van der Waals surface area (Å²) in [5.41, 5.74) is 2.24.